The van der Waals surface area contributed by atoms with E-state index in [1.807, 2.05) is 0 Å². The largest absolute Gasteiger partial charge is 0.383 e. The zero-order chi connectivity index (χ0) is 11.5. The summed E-state index contributed by atoms with van der Waals surface area (Å²) in [7, 11) is 3.48. The number of methoxy groups -OCH3 is 1. The maximum atomic E-state index is 4.95. The Morgan fingerprint density at radius 2 is 1.93 bits per heavy atom. The molecule has 0 aliphatic carbocycles. The van der Waals surface area contributed by atoms with Crippen LogP contribution in [-0.2, 0) is 4.74 Å². The second kappa shape index (κ2) is 9.77. The monoisotopic (exact) mass is 215 g/mol. The third-order valence-corrected chi connectivity index (χ3v) is 2.07. The quantitative estimate of drug-likeness (QED) is 0.381. The second-order valence-electron chi connectivity index (χ2n) is 3.95. The van der Waals surface area contributed by atoms with Gasteiger partial charge in [-0.1, -0.05) is 13.8 Å². The standard InChI is InChI=1S/C11H25N3O/c1-10(2)6-5-7-13-11(12-3)14-8-9-15-4/h10H,5-9H2,1-4H3,(H2,12,13,14). The van der Waals surface area contributed by atoms with Gasteiger partial charge < -0.3 is 15.4 Å². The van der Waals surface area contributed by atoms with E-state index in [2.05, 4.69) is 29.5 Å². The summed E-state index contributed by atoms with van der Waals surface area (Å²) in [5.74, 6) is 1.63. The van der Waals surface area contributed by atoms with Gasteiger partial charge in [-0.05, 0) is 18.8 Å². The Morgan fingerprint density at radius 1 is 1.27 bits per heavy atom. The lowest BCUT2D eigenvalue weighted by Gasteiger charge is -2.11. The van der Waals surface area contributed by atoms with Crippen LogP contribution in [0.4, 0.5) is 0 Å². The van der Waals surface area contributed by atoms with Crippen LogP contribution in [0.3, 0.4) is 0 Å². The number of rotatable bonds is 7. The Kier molecular flexibility index (Phi) is 9.27. The summed E-state index contributed by atoms with van der Waals surface area (Å²) in [6, 6.07) is 0. The number of aliphatic imine (C=N–C) groups is 1. The smallest absolute Gasteiger partial charge is 0.191 e. The lowest BCUT2D eigenvalue weighted by atomic mass is 10.1. The van der Waals surface area contributed by atoms with Gasteiger partial charge in [0, 0.05) is 27.2 Å². The summed E-state index contributed by atoms with van der Waals surface area (Å²) in [5, 5.41) is 6.44. The first-order valence-electron chi connectivity index (χ1n) is 5.64. The van der Waals surface area contributed by atoms with E-state index in [0.717, 1.165) is 25.0 Å². The normalized spacial score (nSPS) is 11.9. The molecule has 0 rings (SSSR count). The van der Waals surface area contributed by atoms with Gasteiger partial charge in [-0.25, -0.2) is 0 Å². The predicted octanol–water partition coefficient (Wildman–Crippen LogP) is 1.23. The predicted molar refractivity (Wildman–Crippen MR) is 65.3 cm³/mol. The molecule has 0 saturated carbocycles. The summed E-state index contributed by atoms with van der Waals surface area (Å²) in [6.07, 6.45) is 2.44. The summed E-state index contributed by atoms with van der Waals surface area (Å²) in [4.78, 5) is 4.12. The second-order valence-corrected chi connectivity index (χ2v) is 3.95. The lowest BCUT2D eigenvalue weighted by molar-refractivity contribution is 0.203. The highest BCUT2D eigenvalue weighted by Crippen LogP contribution is 2.01. The molecule has 0 unspecified atom stereocenters. The van der Waals surface area contributed by atoms with Crippen LogP contribution in [-0.4, -0.2) is 39.8 Å². The minimum absolute atomic E-state index is 0.701. The molecule has 0 aromatic heterocycles. The number of hydrogen-bond donors (Lipinski definition) is 2. The molecule has 0 fully saturated rings. The fourth-order valence-electron chi connectivity index (χ4n) is 1.21. The molecule has 0 heterocycles. The van der Waals surface area contributed by atoms with Crippen molar-refractivity contribution in [1.29, 1.82) is 0 Å². The van der Waals surface area contributed by atoms with E-state index < -0.39 is 0 Å². The first kappa shape index (κ1) is 14.2. The van der Waals surface area contributed by atoms with Gasteiger partial charge in [0.25, 0.3) is 0 Å². The molecule has 0 atom stereocenters. The fourth-order valence-corrected chi connectivity index (χ4v) is 1.21. The van der Waals surface area contributed by atoms with Crippen molar-refractivity contribution >= 4 is 5.96 Å². The molecule has 2 N–H and O–H groups in total. The minimum atomic E-state index is 0.701. The van der Waals surface area contributed by atoms with Crippen molar-refractivity contribution in [3.05, 3.63) is 0 Å². The number of ether oxygens (including phenoxy) is 1. The Labute approximate surface area is 93.5 Å². The van der Waals surface area contributed by atoms with Crippen LogP contribution in [0.15, 0.2) is 4.99 Å². The summed E-state index contributed by atoms with van der Waals surface area (Å²) in [6.45, 7) is 6.95. The van der Waals surface area contributed by atoms with Crippen molar-refractivity contribution < 1.29 is 4.74 Å². The van der Waals surface area contributed by atoms with Crippen LogP contribution in [0.25, 0.3) is 0 Å². The summed E-state index contributed by atoms with van der Waals surface area (Å²) in [5.41, 5.74) is 0. The van der Waals surface area contributed by atoms with Crippen LogP contribution in [0.5, 0.6) is 0 Å². The third kappa shape index (κ3) is 9.53. The fraction of sp³-hybridized carbons (Fsp3) is 0.909. The Morgan fingerprint density at radius 3 is 2.47 bits per heavy atom. The highest BCUT2D eigenvalue weighted by molar-refractivity contribution is 5.79. The van der Waals surface area contributed by atoms with Crippen LogP contribution in [0, 0.1) is 5.92 Å². The van der Waals surface area contributed by atoms with E-state index in [1.54, 1.807) is 14.2 Å². The number of guanidine groups is 1. The van der Waals surface area contributed by atoms with E-state index in [9.17, 15) is 0 Å². The van der Waals surface area contributed by atoms with Crippen molar-refractivity contribution in [2.75, 3.05) is 33.9 Å². The maximum absolute atomic E-state index is 4.95. The molecule has 4 heteroatoms. The van der Waals surface area contributed by atoms with Crippen molar-refractivity contribution in [1.82, 2.24) is 10.6 Å². The van der Waals surface area contributed by atoms with Gasteiger partial charge in [0.05, 0.1) is 6.61 Å². The van der Waals surface area contributed by atoms with Crippen molar-refractivity contribution in [2.24, 2.45) is 10.9 Å². The van der Waals surface area contributed by atoms with Crippen LogP contribution in [0.2, 0.25) is 0 Å². The molecule has 0 aliphatic heterocycles. The van der Waals surface area contributed by atoms with Crippen LogP contribution >= 0.6 is 0 Å². The average Bonchev–Trinajstić information content (AvgIpc) is 2.21. The average molecular weight is 215 g/mol. The van der Waals surface area contributed by atoms with E-state index in [-0.39, 0.29) is 0 Å². The Bertz CT molecular complexity index is 169. The molecule has 0 saturated heterocycles. The summed E-state index contributed by atoms with van der Waals surface area (Å²) >= 11 is 0. The number of hydrogen-bond acceptors (Lipinski definition) is 2. The molecule has 0 aromatic rings. The highest BCUT2D eigenvalue weighted by atomic mass is 16.5. The van der Waals surface area contributed by atoms with Gasteiger partial charge in [0.15, 0.2) is 5.96 Å². The molecule has 0 bridgehead atoms. The molecule has 0 spiro atoms. The first-order valence-corrected chi connectivity index (χ1v) is 5.64. The molecule has 15 heavy (non-hydrogen) atoms. The molecule has 0 aliphatic rings. The van der Waals surface area contributed by atoms with Gasteiger partial charge in [-0.15, -0.1) is 0 Å². The van der Waals surface area contributed by atoms with Crippen molar-refractivity contribution in [3.8, 4) is 0 Å². The minimum Gasteiger partial charge on any atom is -0.383 e. The SMILES string of the molecule is CN=C(NCCCC(C)C)NCCOC. The zero-order valence-electron chi connectivity index (χ0n) is 10.5. The van der Waals surface area contributed by atoms with E-state index in [4.69, 9.17) is 4.74 Å². The van der Waals surface area contributed by atoms with Crippen molar-refractivity contribution in [3.63, 3.8) is 0 Å². The molecule has 90 valence electrons. The van der Waals surface area contributed by atoms with E-state index >= 15 is 0 Å². The molecular formula is C11H25N3O. The van der Waals surface area contributed by atoms with Gasteiger partial charge in [0.1, 0.15) is 0 Å². The lowest BCUT2D eigenvalue weighted by Crippen LogP contribution is -2.39. The first-order chi connectivity index (χ1) is 7.20. The zero-order valence-corrected chi connectivity index (χ0v) is 10.5. The number of nitrogens with zero attached hydrogens (tertiary/aromatic N) is 1. The van der Waals surface area contributed by atoms with Gasteiger partial charge >= 0.3 is 0 Å². The van der Waals surface area contributed by atoms with Crippen LogP contribution < -0.4 is 10.6 Å². The number of nitrogens with one attached hydrogen (secondary N) is 2. The highest BCUT2D eigenvalue weighted by Gasteiger charge is 1.97. The molecule has 4 nitrogen and oxygen atoms in total. The van der Waals surface area contributed by atoms with Gasteiger partial charge in [-0.2, -0.15) is 0 Å². The Hall–Kier alpha value is -0.770. The third-order valence-electron chi connectivity index (χ3n) is 2.07. The molecule has 0 aromatic carbocycles. The molecular weight excluding hydrogens is 190 g/mol. The van der Waals surface area contributed by atoms with Gasteiger partial charge in [-0.3, -0.25) is 4.99 Å². The molecule has 0 radical (unpaired) electrons. The Balaban J connectivity index is 3.45. The maximum Gasteiger partial charge on any atom is 0.191 e. The van der Waals surface area contributed by atoms with Crippen molar-refractivity contribution in [2.45, 2.75) is 26.7 Å². The van der Waals surface area contributed by atoms with E-state index in [1.165, 1.54) is 12.8 Å². The molecule has 0 amide bonds. The van der Waals surface area contributed by atoms with E-state index in [0.29, 0.717) is 6.61 Å². The van der Waals surface area contributed by atoms with Gasteiger partial charge in [0.2, 0.25) is 0 Å². The topological polar surface area (TPSA) is 45.7 Å². The van der Waals surface area contributed by atoms with Crippen LogP contribution in [0.1, 0.15) is 26.7 Å². The summed E-state index contributed by atoms with van der Waals surface area (Å²) < 4.78 is 4.95.